The van der Waals surface area contributed by atoms with Gasteiger partial charge in [-0.3, -0.25) is 10.1 Å². The lowest BCUT2D eigenvalue weighted by Gasteiger charge is -2.09. The summed E-state index contributed by atoms with van der Waals surface area (Å²) < 4.78 is 5.43. The number of H-pyrrole nitrogens is 1. The fourth-order valence-corrected chi connectivity index (χ4v) is 3.05. The van der Waals surface area contributed by atoms with Crippen LogP contribution in [0.2, 0.25) is 0 Å². The minimum absolute atomic E-state index is 0.427. The number of carbonyl (C=O) groups is 1. The van der Waals surface area contributed by atoms with E-state index in [-0.39, 0.29) is 0 Å². The number of amides is 1. The zero-order valence-corrected chi connectivity index (χ0v) is 16.7. The van der Waals surface area contributed by atoms with Crippen molar-refractivity contribution in [2.24, 2.45) is 0 Å². The van der Waals surface area contributed by atoms with E-state index in [0.717, 1.165) is 29.5 Å². The molecule has 0 atom stereocenters. The molecule has 3 aromatic rings. The average Bonchev–Trinajstić information content (AvgIpc) is 3.28. The van der Waals surface area contributed by atoms with Gasteiger partial charge in [-0.2, -0.15) is 5.10 Å². The van der Waals surface area contributed by atoms with Crippen molar-refractivity contribution >= 4 is 6.09 Å². The predicted molar refractivity (Wildman–Crippen MR) is 112 cm³/mol. The van der Waals surface area contributed by atoms with Crippen LogP contribution in [0.4, 0.5) is 4.79 Å². The monoisotopic (exact) mass is 393 g/mol. The second-order valence-electron chi connectivity index (χ2n) is 6.91. The maximum Gasteiger partial charge on any atom is 0.412 e. The number of rotatable bonds is 10. The van der Waals surface area contributed by atoms with E-state index in [2.05, 4.69) is 32.4 Å². The molecular weight excluding hydrogens is 366 g/mol. The number of pyridine rings is 1. The molecule has 2 N–H and O–H groups in total. The van der Waals surface area contributed by atoms with Gasteiger partial charge in [0.15, 0.2) is 5.82 Å². The Kier molecular flexibility index (Phi) is 7.74. The molecule has 1 aromatic carbocycles. The van der Waals surface area contributed by atoms with Crippen molar-refractivity contribution in [3.63, 3.8) is 0 Å². The summed E-state index contributed by atoms with van der Waals surface area (Å²) in [5.41, 5.74) is 2.64. The Hall–Kier alpha value is -3.22. The first kappa shape index (κ1) is 20.5. The van der Waals surface area contributed by atoms with Gasteiger partial charge in [-0.25, -0.2) is 9.78 Å². The Labute approximate surface area is 170 Å². The number of aromatic amines is 1. The Bertz CT molecular complexity index is 896. The molecule has 0 aliphatic carbocycles. The van der Waals surface area contributed by atoms with Crippen molar-refractivity contribution in [2.75, 3.05) is 6.54 Å². The van der Waals surface area contributed by atoms with Crippen LogP contribution in [0.1, 0.15) is 45.4 Å². The number of ether oxygens (including phenoxy) is 1. The summed E-state index contributed by atoms with van der Waals surface area (Å²) in [6.45, 7) is 2.84. The van der Waals surface area contributed by atoms with Gasteiger partial charge in [-0.15, -0.1) is 0 Å². The molecule has 0 fully saturated rings. The smallest absolute Gasteiger partial charge is 0.410 e. The van der Waals surface area contributed by atoms with Crippen LogP contribution in [-0.2, 0) is 0 Å². The van der Waals surface area contributed by atoms with Crippen LogP contribution in [-0.4, -0.2) is 32.8 Å². The molecule has 7 nitrogen and oxygen atoms in total. The van der Waals surface area contributed by atoms with E-state index in [0.29, 0.717) is 18.1 Å². The van der Waals surface area contributed by atoms with Crippen molar-refractivity contribution < 1.29 is 9.53 Å². The number of hydrogen-bond donors (Lipinski definition) is 2. The molecule has 7 heteroatoms. The van der Waals surface area contributed by atoms with Gasteiger partial charge in [-0.05, 0) is 30.2 Å². The van der Waals surface area contributed by atoms with Crippen LogP contribution in [0.3, 0.4) is 0 Å². The Balaban J connectivity index is 1.53. The quantitative estimate of drug-likeness (QED) is 0.474. The number of nitrogens with one attached hydrogen (secondary N) is 2. The van der Waals surface area contributed by atoms with Gasteiger partial charge in [0.1, 0.15) is 12.1 Å². The molecule has 0 saturated heterocycles. The maximum atomic E-state index is 12.0. The molecule has 2 heterocycles. The van der Waals surface area contributed by atoms with Crippen LogP contribution in [0, 0.1) is 0 Å². The van der Waals surface area contributed by atoms with Gasteiger partial charge in [0.25, 0.3) is 0 Å². The minimum Gasteiger partial charge on any atom is -0.410 e. The zero-order chi connectivity index (χ0) is 20.3. The van der Waals surface area contributed by atoms with Gasteiger partial charge in [0.2, 0.25) is 0 Å². The summed E-state index contributed by atoms with van der Waals surface area (Å²) >= 11 is 0. The SMILES string of the molecule is CCCCCCCCNC(=O)Oc1cccc(-c2cncc(-c3ncn[nH]3)c2)c1. The first-order valence-electron chi connectivity index (χ1n) is 10.1. The molecule has 0 radical (unpaired) electrons. The number of aromatic nitrogens is 4. The first-order valence-corrected chi connectivity index (χ1v) is 10.1. The van der Waals surface area contributed by atoms with E-state index in [4.69, 9.17) is 4.74 Å². The summed E-state index contributed by atoms with van der Waals surface area (Å²) in [6.07, 6.45) is 11.6. The largest absolute Gasteiger partial charge is 0.412 e. The van der Waals surface area contributed by atoms with Crippen LogP contribution in [0.25, 0.3) is 22.5 Å². The third-order valence-electron chi connectivity index (χ3n) is 4.60. The molecule has 3 rings (SSSR count). The molecule has 2 aromatic heterocycles. The fraction of sp³-hybridized carbons (Fsp3) is 0.364. The lowest BCUT2D eigenvalue weighted by atomic mass is 10.1. The highest BCUT2D eigenvalue weighted by Gasteiger charge is 2.08. The standard InChI is InChI=1S/C22H27N5O2/c1-2-3-4-5-6-7-11-24-22(28)29-20-10-8-9-17(13-20)18-12-19(15-23-14-18)21-25-16-26-27-21/h8-10,12-16H,2-7,11H2,1H3,(H,24,28)(H,25,26,27). The third-order valence-corrected chi connectivity index (χ3v) is 4.60. The van der Waals surface area contributed by atoms with E-state index in [1.807, 2.05) is 24.3 Å². The van der Waals surface area contributed by atoms with Gasteiger partial charge in [0, 0.05) is 30.1 Å². The molecule has 0 saturated carbocycles. The Morgan fingerprint density at radius 2 is 1.86 bits per heavy atom. The van der Waals surface area contributed by atoms with Gasteiger partial charge >= 0.3 is 6.09 Å². The molecule has 1 amide bonds. The number of unbranched alkanes of at least 4 members (excludes halogenated alkanes) is 5. The van der Waals surface area contributed by atoms with Crippen molar-refractivity contribution in [3.8, 4) is 28.3 Å². The predicted octanol–water partition coefficient (Wildman–Crippen LogP) is 4.98. The normalized spacial score (nSPS) is 10.7. The molecular formula is C22H27N5O2. The summed E-state index contributed by atoms with van der Waals surface area (Å²) in [5, 5.41) is 9.51. The maximum absolute atomic E-state index is 12.0. The van der Waals surface area contributed by atoms with E-state index in [1.165, 1.54) is 32.0 Å². The van der Waals surface area contributed by atoms with Crippen LogP contribution in [0.5, 0.6) is 5.75 Å². The molecule has 0 spiro atoms. The van der Waals surface area contributed by atoms with Gasteiger partial charge < -0.3 is 10.1 Å². The van der Waals surface area contributed by atoms with E-state index >= 15 is 0 Å². The number of carbonyl (C=O) groups excluding carboxylic acids is 1. The molecule has 0 aliphatic heterocycles. The second-order valence-corrected chi connectivity index (χ2v) is 6.91. The highest BCUT2D eigenvalue weighted by molar-refractivity contribution is 5.73. The zero-order valence-electron chi connectivity index (χ0n) is 16.7. The summed E-state index contributed by atoms with van der Waals surface area (Å²) in [7, 11) is 0. The molecule has 0 bridgehead atoms. The van der Waals surface area contributed by atoms with E-state index in [9.17, 15) is 4.79 Å². The van der Waals surface area contributed by atoms with Crippen LogP contribution >= 0.6 is 0 Å². The minimum atomic E-state index is -0.427. The van der Waals surface area contributed by atoms with Crippen LogP contribution in [0.15, 0.2) is 49.1 Å². The highest BCUT2D eigenvalue weighted by Crippen LogP contribution is 2.26. The van der Waals surface area contributed by atoms with Gasteiger partial charge in [-0.1, -0.05) is 51.2 Å². The van der Waals surface area contributed by atoms with Crippen molar-refractivity contribution in [3.05, 3.63) is 49.1 Å². The third kappa shape index (κ3) is 6.41. The van der Waals surface area contributed by atoms with Crippen molar-refractivity contribution in [2.45, 2.75) is 45.4 Å². The highest BCUT2D eigenvalue weighted by atomic mass is 16.6. The first-order chi connectivity index (χ1) is 14.3. The average molecular weight is 393 g/mol. The summed E-state index contributed by atoms with van der Waals surface area (Å²) in [5.74, 6) is 1.15. The second kappa shape index (κ2) is 10.9. The molecule has 0 unspecified atom stereocenters. The van der Waals surface area contributed by atoms with E-state index in [1.54, 1.807) is 18.5 Å². The molecule has 152 valence electrons. The van der Waals surface area contributed by atoms with Crippen molar-refractivity contribution in [1.29, 1.82) is 0 Å². The Morgan fingerprint density at radius 3 is 2.69 bits per heavy atom. The topological polar surface area (TPSA) is 92.8 Å². The lowest BCUT2D eigenvalue weighted by Crippen LogP contribution is -2.27. The van der Waals surface area contributed by atoms with Crippen molar-refractivity contribution in [1.82, 2.24) is 25.5 Å². The molecule has 0 aliphatic rings. The Morgan fingerprint density at radius 1 is 1.03 bits per heavy atom. The number of benzene rings is 1. The fourth-order valence-electron chi connectivity index (χ4n) is 3.05. The number of hydrogen-bond acceptors (Lipinski definition) is 5. The number of nitrogens with zero attached hydrogens (tertiary/aromatic N) is 3. The summed E-state index contributed by atoms with van der Waals surface area (Å²) in [4.78, 5) is 20.5. The summed E-state index contributed by atoms with van der Waals surface area (Å²) in [6, 6.07) is 9.35. The molecule has 29 heavy (non-hydrogen) atoms. The van der Waals surface area contributed by atoms with E-state index < -0.39 is 6.09 Å². The van der Waals surface area contributed by atoms with Gasteiger partial charge in [0.05, 0.1) is 0 Å². The lowest BCUT2D eigenvalue weighted by molar-refractivity contribution is 0.200. The van der Waals surface area contributed by atoms with Crippen LogP contribution < -0.4 is 10.1 Å².